The number of carbonyl (C=O) groups is 1. The van der Waals surface area contributed by atoms with E-state index in [9.17, 15) is 4.79 Å². The minimum Gasteiger partial charge on any atom is -0.385 e. The van der Waals surface area contributed by atoms with Gasteiger partial charge in [-0.05, 0) is 49.4 Å². The lowest BCUT2D eigenvalue weighted by Crippen LogP contribution is -2.10. The topological polar surface area (TPSA) is 77.0 Å². The quantitative estimate of drug-likeness (QED) is 0.315. The SMILES string of the molecule is CCCNc1ccc(-c2cccc(NC=O)c2NCCC)cc1C(=N)C1CC1. The lowest BCUT2D eigenvalue weighted by molar-refractivity contribution is -0.105. The predicted molar refractivity (Wildman–Crippen MR) is 119 cm³/mol. The second-order valence-corrected chi connectivity index (χ2v) is 7.29. The van der Waals surface area contributed by atoms with E-state index < -0.39 is 0 Å². The molecule has 148 valence electrons. The fourth-order valence-electron chi connectivity index (χ4n) is 3.36. The summed E-state index contributed by atoms with van der Waals surface area (Å²) in [5.74, 6) is 0.387. The Kier molecular flexibility index (Phi) is 6.69. The zero-order valence-corrected chi connectivity index (χ0v) is 16.8. The number of amides is 1. The first-order chi connectivity index (χ1) is 13.7. The van der Waals surface area contributed by atoms with Crippen LogP contribution >= 0.6 is 0 Å². The van der Waals surface area contributed by atoms with Crippen LogP contribution in [-0.4, -0.2) is 25.2 Å². The highest BCUT2D eigenvalue weighted by atomic mass is 16.1. The maximum absolute atomic E-state index is 11.0. The van der Waals surface area contributed by atoms with Crippen molar-refractivity contribution >= 4 is 29.2 Å². The Morgan fingerprint density at radius 2 is 1.82 bits per heavy atom. The second-order valence-electron chi connectivity index (χ2n) is 7.29. The molecule has 0 saturated heterocycles. The van der Waals surface area contributed by atoms with Crippen LogP contribution in [-0.2, 0) is 4.79 Å². The molecule has 3 rings (SSSR count). The summed E-state index contributed by atoms with van der Waals surface area (Å²) in [7, 11) is 0. The van der Waals surface area contributed by atoms with Gasteiger partial charge in [-0.15, -0.1) is 0 Å². The maximum atomic E-state index is 11.0. The van der Waals surface area contributed by atoms with Crippen molar-refractivity contribution < 1.29 is 4.79 Å². The van der Waals surface area contributed by atoms with Crippen LogP contribution in [0.2, 0.25) is 0 Å². The molecular formula is C23H30N4O. The highest BCUT2D eigenvalue weighted by Gasteiger charge is 2.29. The van der Waals surface area contributed by atoms with Gasteiger partial charge in [0.25, 0.3) is 0 Å². The molecule has 0 unspecified atom stereocenters. The van der Waals surface area contributed by atoms with Crippen molar-refractivity contribution in [2.24, 2.45) is 5.92 Å². The van der Waals surface area contributed by atoms with Gasteiger partial charge in [0.15, 0.2) is 0 Å². The molecule has 0 radical (unpaired) electrons. The van der Waals surface area contributed by atoms with E-state index in [0.29, 0.717) is 12.3 Å². The number of hydrogen-bond donors (Lipinski definition) is 4. The number of nitrogens with one attached hydrogen (secondary N) is 4. The molecule has 28 heavy (non-hydrogen) atoms. The number of para-hydroxylation sites is 1. The average molecular weight is 379 g/mol. The van der Waals surface area contributed by atoms with Crippen molar-refractivity contribution in [3.05, 3.63) is 42.0 Å². The molecule has 0 heterocycles. The normalized spacial score (nSPS) is 13.1. The lowest BCUT2D eigenvalue weighted by atomic mass is 9.95. The molecule has 1 fully saturated rings. The summed E-state index contributed by atoms with van der Waals surface area (Å²) in [5, 5.41) is 18.4. The predicted octanol–water partition coefficient (Wildman–Crippen LogP) is 5.34. The molecule has 0 spiro atoms. The Hall–Kier alpha value is -2.82. The molecule has 2 aromatic carbocycles. The van der Waals surface area contributed by atoms with E-state index in [1.54, 1.807) is 0 Å². The van der Waals surface area contributed by atoms with Crippen LogP contribution in [0.4, 0.5) is 17.1 Å². The standard InChI is InChI=1S/C23H30N4O/c1-3-12-25-20-11-10-17(14-19(20)22(24)16-8-9-16)18-6-5-7-21(27-15-28)23(18)26-13-4-2/h5-7,10-11,14-16,24-26H,3-4,8-9,12-13H2,1-2H3,(H,27,28). The summed E-state index contributed by atoms with van der Waals surface area (Å²) in [6.45, 7) is 5.98. The second kappa shape index (κ2) is 9.40. The van der Waals surface area contributed by atoms with Gasteiger partial charge in [0.05, 0.1) is 11.4 Å². The third-order valence-corrected chi connectivity index (χ3v) is 5.00. The first-order valence-electron chi connectivity index (χ1n) is 10.2. The van der Waals surface area contributed by atoms with Crippen LogP contribution in [0.25, 0.3) is 11.1 Å². The summed E-state index contributed by atoms with van der Waals surface area (Å²) >= 11 is 0. The molecule has 4 N–H and O–H groups in total. The molecule has 5 nitrogen and oxygen atoms in total. The van der Waals surface area contributed by atoms with Gasteiger partial charge >= 0.3 is 0 Å². The van der Waals surface area contributed by atoms with Crippen LogP contribution in [0.1, 0.15) is 45.1 Å². The van der Waals surface area contributed by atoms with Crippen molar-refractivity contribution in [2.45, 2.75) is 39.5 Å². The lowest BCUT2D eigenvalue weighted by Gasteiger charge is -2.18. The first kappa shape index (κ1) is 19.9. The van der Waals surface area contributed by atoms with Gasteiger partial charge in [0, 0.05) is 41.5 Å². The zero-order valence-electron chi connectivity index (χ0n) is 16.8. The van der Waals surface area contributed by atoms with E-state index in [0.717, 1.165) is 78.2 Å². The Morgan fingerprint density at radius 3 is 2.50 bits per heavy atom. The number of anilines is 3. The summed E-state index contributed by atoms with van der Waals surface area (Å²) in [6.07, 6.45) is 4.97. The van der Waals surface area contributed by atoms with Crippen LogP contribution in [0.15, 0.2) is 36.4 Å². The minimum atomic E-state index is 0.387. The van der Waals surface area contributed by atoms with E-state index in [-0.39, 0.29) is 0 Å². The summed E-state index contributed by atoms with van der Waals surface area (Å²) < 4.78 is 0. The van der Waals surface area contributed by atoms with E-state index in [4.69, 9.17) is 5.41 Å². The fraction of sp³-hybridized carbons (Fsp3) is 0.391. The number of benzene rings is 2. The summed E-state index contributed by atoms with van der Waals surface area (Å²) in [5.41, 5.74) is 6.53. The third-order valence-electron chi connectivity index (χ3n) is 5.00. The molecule has 0 aromatic heterocycles. The summed E-state index contributed by atoms with van der Waals surface area (Å²) in [6, 6.07) is 12.2. The number of rotatable bonds is 11. The van der Waals surface area contributed by atoms with Crippen molar-refractivity contribution in [3.8, 4) is 11.1 Å². The molecule has 1 aliphatic carbocycles. The molecule has 0 bridgehead atoms. The Balaban J connectivity index is 2.04. The first-order valence-corrected chi connectivity index (χ1v) is 10.2. The molecule has 0 atom stereocenters. The van der Waals surface area contributed by atoms with Gasteiger partial charge < -0.3 is 21.4 Å². The van der Waals surface area contributed by atoms with Crippen molar-refractivity contribution in [1.29, 1.82) is 5.41 Å². The van der Waals surface area contributed by atoms with E-state index >= 15 is 0 Å². The molecule has 1 saturated carbocycles. The molecule has 1 aliphatic rings. The molecular weight excluding hydrogens is 348 g/mol. The van der Waals surface area contributed by atoms with Crippen molar-refractivity contribution in [2.75, 3.05) is 29.0 Å². The van der Waals surface area contributed by atoms with Crippen LogP contribution in [0, 0.1) is 11.3 Å². The fourth-order valence-corrected chi connectivity index (χ4v) is 3.36. The average Bonchev–Trinajstić information content (AvgIpc) is 3.56. The Morgan fingerprint density at radius 1 is 1.07 bits per heavy atom. The number of carbonyl (C=O) groups excluding carboxylic acids is 1. The zero-order chi connectivity index (χ0) is 19.9. The van der Waals surface area contributed by atoms with E-state index in [2.05, 4.69) is 54.1 Å². The van der Waals surface area contributed by atoms with E-state index in [1.807, 2.05) is 12.1 Å². The van der Waals surface area contributed by atoms with Crippen LogP contribution in [0.5, 0.6) is 0 Å². The smallest absolute Gasteiger partial charge is 0.211 e. The van der Waals surface area contributed by atoms with Gasteiger partial charge in [-0.25, -0.2) is 0 Å². The Bertz CT molecular complexity index is 842. The minimum absolute atomic E-state index is 0.387. The molecule has 2 aromatic rings. The van der Waals surface area contributed by atoms with Gasteiger partial charge in [0.1, 0.15) is 0 Å². The van der Waals surface area contributed by atoms with Gasteiger partial charge in [-0.2, -0.15) is 0 Å². The van der Waals surface area contributed by atoms with Crippen LogP contribution in [0.3, 0.4) is 0 Å². The van der Waals surface area contributed by atoms with Crippen molar-refractivity contribution in [3.63, 3.8) is 0 Å². The monoisotopic (exact) mass is 378 g/mol. The number of hydrogen-bond acceptors (Lipinski definition) is 4. The molecule has 5 heteroatoms. The Labute approximate surface area is 167 Å². The molecule has 1 amide bonds. The third kappa shape index (κ3) is 4.53. The summed E-state index contributed by atoms with van der Waals surface area (Å²) in [4.78, 5) is 11.0. The van der Waals surface area contributed by atoms with Gasteiger partial charge in [0.2, 0.25) is 6.41 Å². The molecule has 0 aliphatic heterocycles. The van der Waals surface area contributed by atoms with Crippen LogP contribution < -0.4 is 16.0 Å². The largest absolute Gasteiger partial charge is 0.385 e. The maximum Gasteiger partial charge on any atom is 0.211 e. The van der Waals surface area contributed by atoms with E-state index in [1.165, 1.54) is 0 Å². The highest BCUT2D eigenvalue weighted by molar-refractivity contribution is 6.07. The van der Waals surface area contributed by atoms with Gasteiger partial charge in [-0.1, -0.05) is 32.0 Å². The highest BCUT2D eigenvalue weighted by Crippen LogP contribution is 2.39. The van der Waals surface area contributed by atoms with Crippen molar-refractivity contribution in [1.82, 2.24) is 0 Å². The van der Waals surface area contributed by atoms with Gasteiger partial charge in [-0.3, -0.25) is 4.79 Å².